The Hall–Kier alpha value is -1.33. The van der Waals surface area contributed by atoms with E-state index in [1.165, 1.54) is 4.90 Å². The van der Waals surface area contributed by atoms with Crippen molar-refractivity contribution >= 4 is 11.4 Å². The van der Waals surface area contributed by atoms with Gasteiger partial charge in [-0.15, -0.1) is 0 Å². The Balaban J connectivity index is 2.13. The minimum Gasteiger partial charge on any atom is -0.399 e. The molecule has 3 N–H and O–H groups in total. The van der Waals surface area contributed by atoms with E-state index in [-0.39, 0.29) is 6.54 Å². The van der Waals surface area contributed by atoms with Crippen LogP contribution in [0.25, 0.3) is 0 Å². The number of benzene rings is 1. The lowest BCUT2D eigenvalue weighted by Gasteiger charge is -2.40. The van der Waals surface area contributed by atoms with Gasteiger partial charge in [-0.2, -0.15) is 0 Å². The van der Waals surface area contributed by atoms with Gasteiger partial charge in [0.25, 0.3) is 0 Å². The van der Waals surface area contributed by atoms with Gasteiger partial charge in [0.1, 0.15) is 6.23 Å². The van der Waals surface area contributed by atoms with Gasteiger partial charge in [-0.25, -0.2) is 9.29 Å². The van der Waals surface area contributed by atoms with Gasteiger partial charge in [0.2, 0.25) is 0 Å². The van der Waals surface area contributed by atoms with E-state index in [1.807, 2.05) is 17.0 Å². The van der Waals surface area contributed by atoms with Crippen molar-refractivity contribution in [1.82, 2.24) is 4.90 Å². The summed E-state index contributed by atoms with van der Waals surface area (Å²) in [6, 6.07) is 7.21. The Morgan fingerprint density at radius 1 is 1.31 bits per heavy atom. The standard InChI is InChI=1S/C11H16FN3O/c1-14-10(12)6-15(7-11(14)16)9-4-2-8(13)3-5-9/h2-5,10-11,16H,6-7,13H2,1H3. The molecule has 0 aliphatic carbocycles. The van der Waals surface area contributed by atoms with Crippen LogP contribution in [0.15, 0.2) is 24.3 Å². The highest BCUT2D eigenvalue weighted by atomic mass is 19.1. The fraction of sp³-hybridized carbons (Fsp3) is 0.455. The normalized spacial score (nSPS) is 27.1. The summed E-state index contributed by atoms with van der Waals surface area (Å²) in [5.41, 5.74) is 7.14. The molecule has 88 valence electrons. The number of alkyl halides is 1. The zero-order valence-electron chi connectivity index (χ0n) is 9.18. The van der Waals surface area contributed by atoms with Gasteiger partial charge in [-0.3, -0.25) is 0 Å². The van der Waals surface area contributed by atoms with Crippen LogP contribution >= 0.6 is 0 Å². The molecule has 0 saturated carbocycles. The van der Waals surface area contributed by atoms with Crippen LogP contribution in [0.3, 0.4) is 0 Å². The Kier molecular flexibility index (Phi) is 2.98. The fourth-order valence-electron chi connectivity index (χ4n) is 1.79. The smallest absolute Gasteiger partial charge is 0.173 e. The van der Waals surface area contributed by atoms with Crippen LogP contribution < -0.4 is 10.6 Å². The van der Waals surface area contributed by atoms with Gasteiger partial charge in [0, 0.05) is 11.4 Å². The molecule has 1 aromatic carbocycles. The summed E-state index contributed by atoms with van der Waals surface area (Å²) in [4.78, 5) is 3.14. The first-order chi connectivity index (χ1) is 7.58. The lowest BCUT2D eigenvalue weighted by Crippen LogP contribution is -2.55. The molecule has 4 nitrogen and oxygen atoms in total. The number of rotatable bonds is 1. The number of hydrogen-bond donors (Lipinski definition) is 2. The highest BCUT2D eigenvalue weighted by molar-refractivity contribution is 5.53. The zero-order valence-corrected chi connectivity index (χ0v) is 9.18. The molecule has 1 fully saturated rings. The maximum absolute atomic E-state index is 13.5. The van der Waals surface area contributed by atoms with Crippen LogP contribution in [0, 0.1) is 0 Å². The first kappa shape index (κ1) is 11.2. The third kappa shape index (κ3) is 2.10. The summed E-state index contributed by atoms with van der Waals surface area (Å²) in [5.74, 6) is 0. The largest absolute Gasteiger partial charge is 0.399 e. The molecule has 0 aromatic heterocycles. The number of anilines is 2. The van der Waals surface area contributed by atoms with Crippen molar-refractivity contribution in [3.63, 3.8) is 0 Å². The minimum absolute atomic E-state index is 0.261. The van der Waals surface area contributed by atoms with E-state index in [9.17, 15) is 9.50 Å². The van der Waals surface area contributed by atoms with Crippen molar-refractivity contribution in [1.29, 1.82) is 0 Å². The van der Waals surface area contributed by atoms with E-state index >= 15 is 0 Å². The number of hydrogen-bond acceptors (Lipinski definition) is 4. The molecule has 1 saturated heterocycles. The Morgan fingerprint density at radius 3 is 2.50 bits per heavy atom. The molecule has 0 radical (unpaired) electrons. The van der Waals surface area contributed by atoms with Gasteiger partial charge < -0.3 is 15.7 Å². The first-order valence-electron chi connectivity index (χ1n) is 5.22. The molecular formula is C11H16FN3O. The molecule has 0 bridgehead atoms. The van der Waals surface area contributed by atoms with Crippen LogP contribution in [0.5, 0.6) is 0 Å². The molecule has 2 unspecified atom stereocenters. The molecule has 1 aromatic rings. The lowest BCUT2D eigenvalue weighted by atomic mass is 10.2. The number of aliphatic hydroxyl groups excluding tert-OH is 1. The number of nitrogens with zero attached hydrogens (tertiary/aromatic N) is 2. The van der Waals surface area contributed by atoms with Gasteiger partial charge in [-0.1, -0.05) is 0 Å². The SMILES string of the molecule is CN1C(O)CN(c2ccc(N)cc2)CC1F. The van der Waals surface area contributed by atoms with Crippen LogP contribution in [0.2, 0.25) is 0 Å². The second-order valence-corrected chi connectivity index (χ2v) is 4.08. The molecule has 1 heterocycles. The molecule has 5 heteroatoms. The van der Waals surface area contributed by atoms with Crippen LogP contribution in [0.1, 0.15) is 0 Å². The van der Waals surface area contributed by atoms with E-state index in [2.05, 4.69) is 0 Å². The average Bonchev–Trinajstić information content (AvgIpc) is 2.26. The second kappa shape index (κ2) is 4.27. The van der Waals surface area contributed by atoms with Crippen LogP contribution in [-0.4, -0.2) is 42.7 Å². The number of β-amino-alcohol motifs (C(OH)–C–C–N with tert-alkyl or cyclic N) is 1. The van der Waals surface area contributed by atoms with E-state index < -0.39 is 12.5 Å². The molecule has 1 aliphatic heterocycles. The van der Waals surface area contributed by atoms with E-state index in [4.69, 9.17) is 5.73 Å². The monoisotopic (exact) mass is 225 g/mol. The topological polar surface area (TPSA) is 52.7 Å². The quantitative estimate of drug-likeness (QED) is 0.544. The van der Waals surface area contributed by atoms with Crippen LogP contribution in [-0.2, 0) is 0 Å². The molecule has 1 aliphatic rings. The van der Waals surface area contributed by atoms with Gasteiger partial charge in [-0.05, 0) is 31.3 Å². The predicted molar refractivity (Wildman–Crippen MR) is 61.7 cm³/mol. The Morgan fingerprint density at radius 2 is 1.94 bits per heavy atom. The second-order valence-electron chi connectivity index (χ2n) is 4.08. The summed E-state index contributed by atoms with van der Waals surface area (Å²) in [7, 11) is 1.58. The number of piperazine rings is 1. The summed E-state index contributed by atoms with van der Waals surface area (Å²) in [6.45, 7) is 0.665. The van der Waals surface area contributed by atoms with Crippen molar-refractivity contribution in [3.05, 3.63) is 24.3 Å². The summed E-state index contributed by atoms with van der Waals surface area (Å²) >= 11 is 0. The van der Waals surface area contributed by atoms with Crippen molar-refractivity contribution in [3.8, 4) is 0 Å². The fourth-order valence-corrected chi connectivity index (χ4v) is 1.79. The molecular weight excluding hydrogens is 209 g/mol. The Labute approximate surface area is 94.1 Å². The first-order valence-corrected chi connectivity index (χ1v) is 5.22. The number of nitrogen functional groups attached to an aromatic ring is 1. The van der Waals surface area contributed by atoms with E-state index in [1.54, 1.807) is 19.2 Å². The van der Waals surface area contributed by atoms with Gasteiger partial charge >= 0.3 is 0 Å². The van der Waals surface area contributed by atoms with Gasteiger partial charge in [0.15, 0.2) is 6.30 Å². The summed E-state index contributed by atoms with van der Waals surface area (Å²) in [6.07, 6.45) is -1.93. The summed E-state index contributed by atoms with van der Waals surface area (Å²) in [5, 5.41) is 9.65. The maximum Gasteiger partial charge on any atom is 0.173 e. The highest BCUT2D eigenvalue weighted by Crippen LogP contribution is 2.22. The number of nitrogens with two attached hydrogens (primary N) is 1. The van der Waals surface area contributed by atoms with Crippen molar-refractivity contribution in [2.75, 3.05) is 30.8 Å². The molecule has 16 heavy (non-hydrogen) atoms. The number of likely N-dealkylation sites (N-methyl/N-ethyl adjacent to an activating group) is 1. The lowest BCUT2D eigenvalue weighted by molar-refractivity contribution is -0.0588. The molecule has 0 amide bonds. The average molecular weight is 225 g/mol. The minimum atomic E-state index is -1.15. The van der Waals surface area contributed by atoms with Crippen molar-refractivity contribution in [2.24, 2.45) is 0 Å². The Bertz CT molecular complexity index is 345. The van der Waals surface area contributed by atoms with E-state index in [0.717, 1.165) is 5.69 Å². The maximum atomic E-state index is 13.5. The molecule has 2 atom stereocenters. The van der Waals surface area contributed by atoms with Crippen molar-refractivity contribution in [2.45, 2.75) is 12.5 Å². The third-order valence-corrected chi connectivity index (χ3v) is 2.93. The van der Waals surface area contributed by atoms with Crippen LogP contribution in [0.4, 0.5) is 15.8 Å². The number of aliphatic hydroxyl groups is 1. The zero-order chi connectivity index (χ0) is 11.7. The molecule has 0 spiro atoms. The molecule has 2 rings (SSSR count). The predicted octanol–water partition coefficient (Wildman–Crippen LogP) is 0.635. The highest BCUT2D eigenvalue weighted by Gasteiger charge is 2.30. The number of halogens is 1. The summed E-state index contributed by atoms with van der Waals surface area (Å²) < 4.78 is 13.5. The van der Waals surface area contributed by atoms with E-state index in [0.29, 0.717) is 12.2 Å². The van der Waals surface area contributed by atoms with Crippen molar-refractivity contribution < 1.29 is 9.50 Å². The third-order valence-electron chi connectivity index (χ3n) is 2.93. The van der Waals surface area contributed by atoms with Gasteiger partial charge in [0.05, 0.1) is 13.1 Å².